The molecule has 0 spiro atoms. The van der Waals surface area contributed by atoms with E-state index in [1.807, 2.05) is 26.0 Å². The zero-order valence-corrected chi connectivity index (χ0v) is 12.6. The minimum atomic E-state index is 0.631. The summed E-state index contributed by atoms with van der Waals surface area (Å²) in [4.78, 5) is 9.24. The van der Waals surface area contributed by atoms with Crippen LogP contribution in [0.3, 0.4) is 0 Å². The van der Waals surface area contributed by atoms with Gasteiger partial charge in [-0.1, -0.05) is 26.3 Å². The molecule has 0 radical (unpaired) electrons. The van der Waals surface area contributed by atoms with Gasteiger partial charge in [-0.25, -0.2) is 0 Å². The largest absolute Gasteiger partial charge is 0.497 e. The maximum atomic E-state index is 4.97. The van der Waals surface area contributed by atoms with Crippen molar-refractivity contribution in [1.82, 2.24) is 5.32 Å². The first kappa shape index (κ1) is 17.7. The molecule has 1 aliphatic rings. The Morgan fingerprint density at radius 1 is 0.947 bits per heavy atom. The number of nitrogens with one attached hydrogen (secondary N) is 1. The fraction of sp³-hybridized carbons (Fsp3) is 0.600. The standard InChI is InChI=1S/C8H10O3.C5H11N.C2H6/c1-9-7-4-3-5-8(6-7)11-10-2;1-2-4-6-5-3-1;1-2/h3-6H,1-2H3;6H,1-5H2;1-2H3. The summed E-state index contributed by atoms with van der Waals surface area (Å²) >= 11 is 0. The van der Waals surface area contributed by atoms with E-state index in [4.69, 9.17) is 9.62 Å². The minimum absolute atomic E-state index is 0.631. The highest BCUT2D eigenvalue weighted by Gasteiger charge is 1.95. The Balaban J connectivity index is 0.000000341. The summed E-state index contributed by atoms with van der Waals surface area (Å²) in [6.45, 7) is 6.50. The van der Waals surface area contributed by atoms with Crippen LogP contribution in [0.2, 0.25) is 0 Å². The second-order valence-corrected chi connectivity index (χ2v) is 3.74. The van der Waals surface area contributed by atoms with E-state index in [9.17, 15) is 0 Å². The zero-order chi connectivity index (χ0) is 14.3. The van der Waals surface area contributed by atoms with Gasteiger partial charge in [-0.15, -0.1) is 0 Å². The summed E-state index contributed by atoms with van der Waals surface area (Å²) in [7, 11) is 3.06. The van der Waals surface area contributed by atoms with Crippen molar-refractivity contribution in [3.8, 4) is 11.5 Å². The first-order valence-corrected chi connectivity index (χ1v) is 6.92. The smallest absolute Gasteiger partial charge is 0.169 e. The minimum Gasteiger partial charge on any atom is -0.497 e. The van der Waals surface area contributed by atoms with Gasteiger partial charge in [0, 0.05) is 6.07 Å². The quantitative estimate of drug-likeness (QED) is 0.674. The van der Waals surface area contributed by atoms with E-state index in [0.717, 1.165) is 5.75 Å². The summed E-state index contributed by atoms with van der Waals surface area (Å²) < 4.78 is 4.97. The molecule has 2 rings (SSSR count). The van der Waals surface area contributed by atoms with Gasteiger partial charge < -0.3 is 14.9 Å². The van der Waals surface area contributed by atoms with Crippen LogP contribution in [-0.4, -0.2) is 27.3 Å². The predicted octanol–water partition coefficient (Wildman–Crippen LogP) is 3.42. The van der Waals surface area contributed by atoms with Crippen molar-refractivity contribution < 1.29 is 14.5 Å². The molecule has 1 saturated heterocycles. The SMILES string of the molecule is C1CCNCC1.CC.COOc1cccc(OC)c1. The second kappa shape index (κ2) is 13.2. The van der Waals surface area contributed by atoms with Gasteiger partial charge in [0.15, 0.2) is 5.75 Å². The van der Waals surface area contributed by atoms with E-state index in [0.29, 0.717) is 5.75 Å². The van der Waals surface area contributed by atoms with Crippen molar-refractivity contribution in [2.24, 2.45) is 0 Å². The first-order valence-electron chi connectivity index (χ1n) is 6.92. The van der Waals surface area contributed by atoms with Crippen LogP contribution in [-0.2, 0) is 4.89 Å². The fourth-order valence-corrected chi connectivity index (χ4v) is 1.55. The topological polar surface area (TPSA) is 39.7 Å². The molecular weight excluding hydrogens is 242 g/mol. The van der Waals surface area contributed by atoms with Crippen LogP contribution in [0.5, 0.6) is 11.5 Å². The average Bonchev–Trinajstić information content (AvgIpc) is 2.52. The number of rotatable bonds is 3. The molecule has 0 aromatic heterocycles. The third-order valence-corrected chi connectivity index (χ3v) is 2.43. The summed E-state index contributed by atoms with van der Waals surface area (Å²) in [6, 6.07) is 7.19. The van der Waals surface area contributed by atoms with Crippen molar-refractivity contribution in [2.75, 3.05) is 27.3 Å². The highest BCUT2D eigenvalue weighted by Crippen LogP contribution is 2.18. The number of hydrogen-bond donors (Lipinski definition) is 1. The number of piperidine rings is 1. The van der Waals surface area contributed by atoms with Crippen LogP contribution in [0.4, 0.5) is 0 Å². The fourth-order valence-electron chi connectivity index (χ4n) is 1.55. The van der Waals surface area contributed by atoms with E-state index in [1.165, 1.54) is 39.5 Å². The van der Waals surface area contributed by atoms with E-state index < -0.39 is 0 Å². The molecule has 1 heterocycles. The maximum absolute atomic E-state index is 4.97. The average molecular weight is 269 g/mol. The lowest BCUT2D eigenvalue weighted by atomic mass is 10.2. The lowest BCUT2D eigenvalue weighted by Crippen LogP contribution is -2.21. The van der Waals surface area contributed by atoms with Gasteiger partial charge in [-0.05, 0) is 38.1 Å². The molecule has 0 aliphatic carbocycles. The molecular formula is C15H27NO3. The Kier molecular flexibility index (Phi) is 12.3. The molecule has 19 heavy (non-hydrogen) atoms. The molecule has 0 bridgehead atoms. The Morgan fingerprint density at radius 2 is 1.58 bits per heavy atom. The van der Waals surface area contributed by atoms with Gasteiger partial charge >= 0.3 is 0 Å². The summed E-state index contributed by atoms with van der Waals surface area (Å²) in [5, 5.41) is 3.28. The summed E-state index contributed by atoms with van der Waals surface area (Å²) in [5.74, 6) is 1.38. The van der Waals surface area contributed by atoms with Gasteiger partial charge in [-0.3, -0.25) is 0 Å². The van der Waals surface area contributed by atoms with Gasteiger partial charge in [0.1, 0.15) is 5.75 Å². The molecule has 1 aliphatic heterocycles. The molecule has 0 atom stereocenters. The Labute approximate surface area is 117 Å². The van der Waals surface area contributed by atoms with Crippen molar-refractivity contribution >= 4 is 0 Å². The highest BCUT2D eigenvalue weighted by atomic mass is 17.2. The molecule has 0 unspecified atom stereocenters. The molecule has 4 heteroatoms. The molecule has 4 nitrogen and oxygen atoms in total. The molecule has 110 valence electrons. The van der Waals surface area contributed by atoms with E-state index in [2.05, 4.69) is 10.2 Å². The van der Waals surface area contributed by atoms with Crippen LogP contribution in [0.1, 0.15) is 33.1 Å². The van der Waals surface area contributed by atoms with Crippen LogP contribution >= 0.6 is 0 Å². The Hall–Kier alpha value is -1.26. The summed E-state index contributed by atoms with van der Waals surface area (Å²) in [6.07, 6.45) is 4.22. The molecule has 1 N–H and O–H groups in total. The van der Waals surface area contributed by atoms with E-state index >= 15 is 0 Å². The van der Waals surface area contributed by atoms with Crippen LogP contribution in [0.15, 0.2) is 24.3 Å². The molecule has 0 saturated carbocycles. The summed E-state index contributed by atoms with van der Waals surface area (Å²) in [5.41, 5.74) is 0. The number of benzene rings is 1. The van der Waals surface area contributed by atoms with Gasteiger partial charge in [0.25, 0.3) is 0 Å². The van der Waals surface area contributed by atoms with Crippen molar-refractivity contribution in [3.63, 3.8) is 0 Å². The first-order chi connectivity index (χ1) is 9.36. The van der Waals surface area contributed by atoms with E-state index in [-0.39, 0.29) is 0 Å². The Bertz CT molecular complexity index is 290. The second-order valence-electron chi connectivity index (χ2n) is 3.74. The molecule has 1 aromatic carbocycles. The number of hydrogen-bond acceptors (Lipinski definition) is 4. The van der Waals surface area contributed by atoms with Gasteiger partial charge in [0.05, 0.1) is 14.2 Å². The van der Waals surface area contributed by atoms with Gasteiger partial charge in [-0.2, -0.15) is 4.89 Å². The zero-order valence-electron chi connectivity index (χ0n) is 12.6. The normalized spacial score (nSPS) is 13.3. The van der Waals surface area contributed by atoms with Gasteiger partial charge in [0.2, 0.25) is 0 Å². The monoisotopic (exact) mass is 269 g/mol. The van der Waals surface area contributed by atoms with Crippen LogP contribution in [0.25, 0.3) is 0 Å². The molecule has 0 amide bonds. The van der Waals surface area contributed by atoms with Crippen molar-refractivity contribution in [3.05, 3.63) is 24.3 Å². The Morgan fingerprint density at radius 3 is 2.00 bits per heavy atom. The maximum Gasteiger partial charge on any atom is 0.169 e. The molecule has 1 aromatic rings. The third kappa shape index (κ3) is 9.33. The number of ether oxygens (including phenoxy) is 1. The predicted molar refractivity (Wildman–Crippen MR) is 78.7 cm³/mol. The van der Waals surface area contributed by atoms with Crippen molar-refractivity contribution in [2.45, 2.75) is 33.1 Å². The van der Waals surface area contributed by atoms with Crippen LogP contribution in [0, 0.1) is 0 Å². The lowest BCUT2D eigenvalue weighted by Gasteiger charge is -2.08. The molecule has 1 fully saturated rings. The van der Waals surface area contributed by atoms with Crippen LogP contribution < -0.4 is 14.9 Å². The van der Waals surface area contributed by atoms with Crippen molar-refractivity contribution in [1.29, 1.82) is 0 Å². The van der Waals surface area contributed by atoms with E-state index in [1.54, 1.807) is 19.2 Å². The number of methoxy groups -OCH3 is 1. The highest BCUT2D eigenvalue weighted by molar-refractivity contribution is 5.32. The third-order valence-electron chi connectivity index (χ3n) is 2.43. The lowest BCUT2D eigenvalue weighted by molar-refractivity contribution is -0.178.